The quantitative estimate of drug-likeness (QED) is 0.895. The summed E-state index contributed by atoms with van der Waals surface area (Å²) >= 11 is 0. The zero-order valence-corrected chi connectivity index (χ0v) is 15.0. The first-order chi connectivity index (χ1) is 12.5. The first-order valence-electron chi connectivity index (χ1n) is 8.68. The molecule has 2 aliphatic heterocycles. The number of anilines is 2. The van der Waals surface area contributed by atoms with Crippen LogP contribution in [0.1, 0.15) is 18.4 Å². The number of nitrogens with zero attached hydrogens (tertiary/aromatic N) is 1. The minimum Gasteiger partial charge on any atom is -0.368 e. The van der Waals surface area contributed by atoms with Gasteiger partial charge in [-0.15, -0.1) is 0 Å². The van der Waals surface area contributed by atoms with E-state index in [1.54, 1.807) is 47.4 Å². The fourth-order valence-corrected chi connectivity index (χ4v) is 4.50. The average Bonchev–Trinajstić information content (AvgIpc) is 3.31. The summed E-state index contributed by atoms with van der Waals surface area (Å²) in [7, 11) is -3.66. The summed E-state index contributed by atoms with van der Waals surface area (Å²) in [4.78, 5) is 14.6. The van der Waals surface area contributed by atoms with E-state index in [0.717, 1.165) is 30.5 Å². The number of rotatable bonds is 4. The van der Waals surface area contributed by atoms with Crippen LogP contribution in [0.25, 0.3) is 0 Å². The molecule has 1 saturated heterocycles. The Morgan fingerprint density at radius 2 is 1.96 bits per heavy atom. The largest absolute Gasteiger partial charge is 0.368 e. The minimum atomic E-state index is -3.66. The Balaban J connectivity index is 1.59. The van der Waals surface area contributed by atoms with Crippen molar-refractivity contribution in [3.63, 3.8) is 0 Å². The second-order valence-electron chi connectivity index (χ2n) is 6.50. The van der Waals surface area contributed by atoms with Gasteiger partial charge in [0.05, 0.1) is 10.6 Å². The molecule has 0 saturated carbocycles. The van der Waals surface area contributed by atoms with E-state index < -0.39 is 10.0 Å². The smallest absolute Gasteiger partial charge is 0.261 e. The minimum absolute atomic E-state index is 0.0377. The third kappa shape index (κ3) is 3.20. The molecule has 2 heterocycles. The number of hydrogen-bond donors (Lipinski definition) is 1. The van der Waals surface area contributed by atoms with Gasteiger partial charge in [0.25, 0.3) is 15.9 Å². The summed E-state index contributed by atoms with van der Waals surface area (Å²) in [6.07, 6.45) is 2.02. The van der Waals surface area contributed by atoms with Gasteiger partial charge in [-0.1, -0.05) is 24.3 Å². The summed E-state index contributed by atoms with van der Waals surface area (Å²) in [5, 5.41) is 0. The van der Waals surface area contributed by atoms with Crippen LogP contribution in [0.2, 0.25) is 0 Å². The molecule has 0 spiro atoms. The lowest BCUT2D eigenvalue weighted by Crippen LogP contribution is -2.37. The molecule has 2 aliphatic rings. The summed E-state index contributed by atoms with van der Waals surface area (Å²) < 4.78 is 33.1. The van der Waals surface area contributed by atoms with E-state index in [1.165, 1.54) is 0 Å². The lowest BCUT2D eigenvalue weighted by atomic mass is 10.1. The van der Waals surface area contributed by atoms with Gasteiger partial charge in [0, 0.05) is 18.8 Å². The molecular formula is C19H20N2O4S. The van der Waals surface area contributed by atoms with E-state index >= 15 is 0 Å². The fourth-order valence-electron chi connectivity index (χ4n) is 3.43. The summed E-state index contributed by atoms with van der Waals surface area (Å²) in [6, 6.07) is 13.6. The Morgan fingerprint density at radius 1 is 1.15 bits per heavy atom. The number of sulfonamides is 1. The van der Waals surface area contributed by atoms with E-state index in [1.807, 2.05) is 6.07 Å². The summed E-state index contributed by atoms with van der Waals surface area (Å²) in [5.74, 6) is -0.0377. The molecule has 2 aromatic carbocycles. The van der Waals surface area contributed by atoms with Crippen molar-refractivity contribution in [1.29, 1.82) is 0 Å². The van der Waals surface area contributed by atoms with Crippen molar-refractivity contribution in [1.82, 2.24) is 0 Å². The van der Waals surface area contributed by atoms with Gasteiger partial charge in [-0.2, -0.15) is 0 Å². The van der Waals surface area contributed by atoms with E-state index in [-0.39, 0.29) is 16.9 Å². The van der Waals surface area contributed by atoms with E-state index in [2.05, 4.69) is 4.72 Å². The predicted molar refractivity (Wildman–Crippen MR) is 98.7 cm³/mol. The Bertz CT molecular complexity index is 922. The fraction of sp³-hybridized carbons (Fsp3) is 0.316. The van der Waals surface area contributed by atoms with Crippen LogP contribution in [0.4, 0.5) is 11.4 Å². The Kier molecular flexibility index (Phi) is 4.42. The van der Waals surface area contributed by atoms with Crippen LogP contribution in [-0.4, -0.2) is 33.6 Å². The first kappa shape index (κ1) is 17.1. The summed E-state index contributed by atoms with van der Waals surface area (Å²) in [6.45, 7) is 1.22. The molecule has 1 N–H and O–H groups in total. The van der Waals surface area contributed by atoms with Crippen molar-refractivity contribution < 1.29 is 17.9 Å². The monoisotopic (exact) mass is 372 g/mol. The number of fused-ring (bicyclic) bond motifs is 1. The molecular weight excluding hydrogens is 352 g/mol. The van der Waals surface area contributed by atoms with Crippen molar-refractivity contribution in [3.8, 4) is 0 Å². The highest BCUT2D eigenvalue weighted by Crippen LogP contribution is 2.33. The maximum Gasteiger partial charge on any atom is 0.261 e. The maximum atomic E-state index is 12.7. The average molecular weight is 372 g/mol. The molecule has 0 aromatic heterocycles. The number of nitrogens with one attached hydrogen (secondary N) is 1. The molecule has 0 bridgehead atoms. The maximum absolute atomic E-state index is 12.7. The molecule has 7 heteroatoms. The van der Waals surface area contributed by atoms with Gasteiger partial charge in [0.1, 0.15) is 6.10 Å². The van der Waals surface area contributed by atoms with Crippen molar-refractivity contribution in [2.45, 2.75) is 30.3 Å². The third-order valence-electron chi connectivity index (χ3n) is 4.76. The van der Waals surface area contributed by atoms with Crippen molar-refractivity contribution >= 4 is 27.3 Å². The topological polar surface area (TPSA) is 75.7 Å². The number of carbonyl (C=O) groups excluding carboxylic acids is 1. The van der Waals surface area contributed by atoms with Crippen LogP contribution in [0.5, 0.6) is 0 Å². The highest BCUT2D eigenvalue weighted by Gasteiger charge is 2.33. The number of benzene rings is 2. The first-order valence-corrected chi connectivity index (χ1v) is 10.2. The number of hydrogen-bond acceptors (Lipinski definition) is 4. The van der Waals surface area contributed by atoms with Crippen molar-refractivity contribution in [3.05, 3.63) is 54.1 Å². The molecule has 0 radical (unpaired) electrons. The normalized spacial score (nSPS) is 19.4. The van der Waals surface area contributed by atoms with Crippen LogP contribution in [0.15, 0.2) is 53.4 Å². The Labute approximate surface area is 152 Å². The van der Waals surface area contributed by atoms with Gasteiger partial charge in [-0.3, -0.25) is 9.52 Å². The zero-order valence-electron chi connectivity index (χ0n) is 14.2. The van der Waals surface area contributed by atoms with Crippen LogP contribution >= 0.6 is 0 Å². The Hall–Kier alpha value is -2.38. The molecule has 1 atom stereocenters. The SMILES string of the molecule is O=C(C1CCCO1)N1CCc2ccc(NS(=O)(=O)c3ccccc3)cc21. The zero-order chi connectivity index (χ0) is 18.1. The predicted octanol–water partition coefficient (Wildman–Crippen LogP) is 2.56. The van der Waals surface area contributed by atoms with Crippen LogP contribution < -0.4 is 9.62 Å². The number of carbonyl (C=O) groups is 1. The second kappa shape index (κ2) is 6.74. The molecule has 0 aliphatic carbocycles. The lowest BCUT2D eigenvalue weighted by Gasteiger charge is -2.21. The van der Waals surface area contributed by atoms with Gasteiger partial charge in [0.2, 0.25) is 0 Å². The second-order valence-corrected chi connectivity index (χ2v) is 8.19. The van der Waals surface area contributed by atoms with Crippen molar-refractivity contribution in [2.24, 2.45) is 0 Å². The highest BCUT2D eigenvalue weighted by atomic mass is 32.2. The molecule has 4 rings (SSSR count). The molecule has 2 aromatic rings. The van der Waals surface area contributed by atoms with Gasteiger partial charge in [0.15, 0.2) is 0 Å². The lowest BCUT2D eigenvalue weighted by molar-refractivity contribution is -0.127. The Morgan fingerprint density at radius 3 is 2.69 bits per heavy atom. The van der Waals surface area contributed by atoms with Gasteiger partial charge >= 0.3 is 0 Å². The van der Waals surface area contributed by atoms with E-state index in [9.17, 15) is 13.2 Å². The summed E-state index contributed by atoms with van der Waals surface area (Å²) in [5.41, 5.74) is 2.25. The van der Waals surface area contributed by atoms with Gasteiger partial charge in [-0.05, 0) is 49.1 Å². The van der Waals surface area contributed by atoms with E-state index in [0.29, 0.717) is 18.8 Å². The van der Waals surface area contributed by atoms with Crippen molar-refractivity contribution in [2.75, 3.05) is 22.8 Å². The van der Waals surface area contributed by atoms with Crippen LogP contribution in [0, 0.1) is 0 Å². The third-order valence-corrected chi connectivity index (χ3v) is 6.15. The molecule has 136 valence electrons. The van der Waals surface area contributed by atoms with Crippen LogP contribution in [0.3, 0.4) is 0 Å². The molecule has 26 heavy (non-hydrogen) atoms. The molecule has 1 unspecified atom stereocenters. The molecule has 1 fully saturated rings. The van der Waals surface area contributed by atoms with Gasteiger partial charge < -0.3 is 9.64 Å². The highest BCUT2D eigenvalue weighted by molar-refractivity contribution is 7.92. The number of amides is 1. The number of ether oxygens (including phenoxy) is 1. The standard InChI is InChI=1S/C19H20N2O4S/c22-19(18-7-4-12-25-18)21-11-10-14-8-9-15(13-17(14)21)20-26(23,24)16-5-2-1-3-6-16/h1-3,5-6,8-9,13,18,20H,4,7,10-12H2. The van der Waals surface area contributed by atoms with Gasteiger partial charge in [-0.25, -0.2) is 8.42 Å². The van der Waals surface area contributed by atoms with Crippen LogP contribution in [-0.2, 0) is 26.0 Å². The molecule has 1 amide bonds. The van der Waals surface area contributed by atoms with E-state index in [4.69, 9.17) is 4.74 Å². The molecule has 6 nitrogen and oxygen atoms in total.